The monoisotopic (exact) mass is 384 g/mol. The fourth-order valence-corrected chi connectivity index (χ4v) is 4.55. The molecule has 144 valence electrons. The van der Waals surface area contributed by atoms with Gasteiger partial charge in [0.25, 0.3) is 0 Å². The summed E-state index contributed by atoms with van der Waals surface area (Å²) in [4.78, 5) is 26.4. The van der Waals surface area contributed by atoms with Crippen molar-refractivity contribution in [2.24, 2.45) is 0 Å². The number of methoxy groups -OCH3 is 1. The molecule has 0 spiro atoms. The van der Waals surface area contributed by atoms with Crippen LogP contribution in [0.3, 0.4) is 0 Å². The molecular formula is C17H24N2O6S. The topological polar surface area (TPSA) is 102 Å². The van der Waals surface area contributed by atoms with Gasteiger partial charge in [0.1, 0.15) is 5.75 Å². The first-order valence-corrected chi connectivity index (χ1v) is 10.2. The molecule has 1 fully saturated rings. The highest BCUT2D eigenvalue weighted by Crippen LogP contribution is 2.24. The highest BCUT2D eigenvalue weighted by molar-refractivity contribution is 7.91. The molecule has 1 saturated heterocycles. The van der Waals surface area contributed by atoms with E-state index in [0.29, 0.717) is 24.5 Å². The quantitative estimate of drug-likeness (QED) is 0.694. The van der Waals surface area contributed by atoms with Gasteiger partial charge in [0.05, 0.1) is 30.4 Å². The molecule has 1 unspecified atom stereocenters. The van der Waals surface area contributed by atoms with Gasteiger partial charge in [0.2, 0.25) is 0 Å². The highest BCUT2D eigenvalue weighted by Gasteiger charge is 2.36. The number of para-hydroxylation sites is 2. The molecule has 8 nitrogen and oxygen atoms in total. The smallest absolute Gasteiger partial charge is 0.314 e. The molecule has 2 rings (SSSR count). The summed E-state index contributed by atoms with van der Waals surface area (Å²) in [7, 11) is -1.71. The van der Waals surface area contributed by atoms with Crippen molar-refractivity contribution in [3.8, 4) is 5.75 Å². The van der Waals surface area contributed by atoms with Gasteiger partial charge in [-0.2, -0.15) is 0 Å². The molecule has 0 aromatic heterocycles. The molecule has 9 heteroatoms. The Hall–Kier alpha value is -2.13. The third-order valence-electron chi connectivity index (χ3n) is 4.08. The number of anilines is 1. The average molecular weight is 384 g/mol. The summed E-state index contributed by atoms with van der Waals surface area (Å²) < 4.78 is 33.9. The first-order chi connectivity index (χ1) is 12.4. The molecular weight excluding hydrogens is 360 g/mol. The molecule has 1 aromatic carbocycles. The Morgan fingerprint density at radius 2 is 2.04 bits per heavy atom. The zero-order valence-electron chi connectivity index (χ0n) is 14.9. The van der Waals surface area contributed by atoms with Gasteiger partial charge in [-0.25, -0.2) is 8.42 Å². The summed E-state index contributed by atoms with van der Waals surface area (Å²) in [5, 5.41) is 2.55. The zero-order valence-corrected chi connectivity index (χ0v) is 15.8. The fraction of sp³-hybridized carbons (Fsp3) is 0.529. The Morgan fingerprint density at radius 1 is 1.31 bits per heavy atom. The van der Waals surface area contributed by atoms with E-state index >= 15 is 0 Å². The van der Waals surface area contributed by atoms with Crippen molar-refractivity contribution >= 4 is 27.3 Å². The lowest BCUT2D eigenvalue weighted by Gasteiger charge is -2.27. The Balaban J connectivity index is 2.13. The number of hydrogen-bond donors (Lipinski definition) is 1. The number of sulfone groups is 1. The molecule has 0 bridgehead atoms. The van der Waals surface area contributed by atoms with E-state index in [1.54, 1.807) is 24.3 Å². The third kappa shape index (κ3) is 5.18. The number of nitrogens with zero attached hydrogens (tertiary/aromatic N) is 1. The van der Waals surface area contributed by atoms with E-state index in [1.165, 1.54) is 12.0 Å². The summed E-state index contributed by atoms with van der Waals surface area (Å²) in [5.41, 5.74) is 0.387. The molecule has 1 atom stereocenters. The third-order valence-corrected chi connectivity index (χ3v) is 5.83. The number of ether oxygens (including phenoxy) is 2. The second kappa shape index (κ2) is 9.00. The summed E-state index contributed by atoms with van der Waals surface area (Å²) in [6.45, 7) is 2.60. The predicted octanol–water partition coefficient (Wildman–Crippen LogP) is 0.686. The molecule has 1 heterocycles. The minimum Gasteiger partial charge on any atom is -0.492 e. The van der Waals surface area contributed by atoms with Crippen LogP contribution in [0.2, 0.25) is 0 Å². The number of benzene rings is 1. The Bertz CT molecular complexity index is 749. The van der Waals surface area contributed by atoms with Gasteiger partial charge in [-0.3, -0.25) is 9.59 Å². The summed E-state index contributed by atoms with van der Waals surface area (Å²) in [6.07, 6.45) is 0.320. The van der Waals surface area contributed by atoms with Gasteiger partial charge >= 0.3 is 11.8 Å². The SMILES string of the molecule is CCOc1ccccc1NC(=O)C(=O)N(CCOC)C1CCS(=O)(=O)C1. The van der Waals surface area contributed by atoms with Crippen molar-refractivity contribution in [3.63, 3.8) is 0 Å². The normalized spacial score (nSPS) is 18.3. The first-order valence-electron chi connectivity index (χ1n) is 8.41. The number of amides is 2. The van der Waals surface area contributed by atoms with Crippen LogP contribution in [0.1, 0.15) is 13.3 Å². The van der Waals surface area contributed by atoms with E-state index in [4.69, 9.17) is 9.47 Å². The van der Waals surface area contributed by atoms with Crippen molar-refractivity contribution in [2.45, 2.75) is 19.4 Å². The molecule has 26 heavy (non-hydrogen) atoms. The second-order valence-electron chi connectivity index (χ2n) is 5.93. The zero-order chi connectivity index (χ0) is 19.2. The van der Waals surface area contributed by atoms with Crippen LogP contribution in [0.4, 0.5) is 5.69 Å². The standard InChI is InChI=1S/C17H24N2O6S/c1-3-25-15-7-5-4-6-14(15)18-16(20)17(21)19(9-10-24-2)13-8-11-26(22,23)12-13/h4-7,13H,3,8-12H2,1-2H3,(H,18,20). The van der Waals surface area contributed by atoms with Crippen molar-refractivity contribution in [1.82, 2.24) is 4.90 Å². The van der Waals surface area contributed by atoms with Crippen LogP contribution in [0.5, 0.6) is 5.75 Å². The number of carbonyl (C=O) groups excluding carboxylic acids is 2. The molecule has 1 aliphatic rings. The van der Waals surface area contributed by atoms with Crippen LogP contribution in [-0.4, -0.2) is 69.5 Å². The number of carbonyl (C=O) groups is 2. The first kappa shape index (κ1) is 20.2. The van der Waals surface area contributed by atoms with E-state index in [0.717, 1.165) is 0 Å². The van der Waals surface area contributed by atoms with Crippen molar-refractivity contribution in [1.29, 1.82) is 0 Å². The van der Waals surface area contributed by atoms with E-state index in [2.05, 4.69) is 5.32 Å². The Kier molecular flexibility index (Phi) is 6.98. The van der Waals surface area contributed by atoms with E-state index in [-0.39, 0.29) is 24.7 Å². The molecule has 1 N–H and O–H groups in total. The van der Waals surface area contributed by atoms with Crippen molar-refractivity contribution in [2.75, 3.05) is 43.7 Å². The van der Waals surface area contributed by atoms with Crippen LogP contribution >= 0.6 is 0 Å². The molecule has 0 aliphatic carbocycles. The van der Waals surface area contributed by atoms with Gasteiger partial charge in [-0.15, -0.1) is 0 Å². The van der Waals surface area contributed by atoms with Crippen LogP contribution in [-0.2, 0) is 24.2 Å². The molecule has 1 aliphatic heterocycles. The minimum atomic E-state index is -3.18. The predicted molar refractivity (Wildman–Crippen MR) is 96.9 cm³/mol. The van der Waals surface area contributed by atoms with E-state index in [9.17, 15) is 18.0 Å². The summed E-state index contributed by atoms with van der Waals surface area (Å²) in [6, 6.07) is 6.28. The van der Waals surface area contributed by atoms with E-state index < -0.39 is 27.7 Å². The molecule has 0 radical (unpaired) electrons. The van der Waals surface area contributed by atoms with Gasteiger partial charge in [0.15, 0.2) is 9.84 Å². The lowest BCUT2D eigenvalue weighted by Crippen LogP contribution is -2.48. The largest absolute Gasteiger partial charge is 0.492 e. The van der Waals surface area contributed by atoms with Crippen LogP contribution in [0, 0.1) is 0 Å². The second-order valence-corrected chi connectivity index (χ2v) is 8.16. The Morgan fingerprint density at radius 3 is 2.65 bits per heavy atom. The van der Waals surface area contributed by atoms with Crippen molar-refractivity contribution in [3.05, 3.63) is 24.3 Å². The molecule has 0 saturated carbocycles. The van der Waals surface area contributed by atoms with Crippen LogP contribution < -0.4 is 10.1 Å². The lowest BCUT2D eigenvalue weighted by molar-refractivity contribution is -0.145. The lowest BCUT2D eigenvalue weighted by atomic mass is 10.2. The van der Waals surface area contributed by atoms with Gasteiger partial charge in [0, 0.05) is 19.7 Å². The number of nitrogens with one attached hydrogen (secondary N) is 1. The summed E-state index contributed by atoms with van der Waals surface area (Å²) in [5.74, 6) is -1.27. The molecule has 1 aromatic rings. The highest BCUT2D eigenvalue weighted by atomic mass is 32.2. The summed E-state index contributed by atoms with van der Waals surface area (Å²) >= 11 is 0. The maximum atomic E-state index is 12.6. The molecule has 2 amide bonds. The van der Waals surface area contributed by atoms with Gasteiger partial charge in [-0.05, 0) is 25.5 Å². The van der Waals surface area contributed by atoms with Crippen molar-refractivity contribution < 1.29 is 27.5 Å². The van der Waals surface area contributed by atoms with Crippen LogP contribution in [0.15, 0.2) is 24.3 Å². The van der Waals surface area contributed by atoms with Gasteiger partial charge in [-0.1, -0.05) is 12.1 Å². The van der Waals surface area contributed by atoms with Crippen LogP contribution in [0.25, 0.3) is 0 Å². The number of rotatable bonds is 7. The fourth-order valence-electron chi connectivity index (χ4n) is 2.82. The Labute approximate surface area is 153 Å². The van der Waals surface area contributed by atoms with Gasteiger partial charge < -0.3 is 19.7 Å². The van der Waals surface area contributed by atoms with E-state index in [1.807, 2.05) is 6.92 Å². The minimum absolute atomic E-state index is 0.0171. The number of hydrogen-bond acceptors (Lipinski definition) is 6. The average Bonchev–Trinajstić information content (AvgIpc) is 2.96. The maximum absolute atomic E-state index is 12.6. The maximum Gasteiger partial charge on any atom is 0.314 e.